The molecule has 1 aromatic carbocycles. The number of benzene rings is 1. The fourth-order valence-corrected chi connectivity index (χ4v) is 2.82. The lowest BCUT2D eigenvalue weighted by molar-refractivity contribution is -0.120. The zero-order valence-corrected chi connectivity index (χ0v) is 13.6. The first kappa shape index (κ1) is 17.7. The van der Waals surface area contributed by atoms with Crippen molar-refractivity contribution in [3.8, 4) is 5.75 Å². The Morgan fingerprint density at radius 3 is 2.81 bits per heavy atom. The van der Waals surface area contributed by atoms with Gasteiger partial charge in [0, 0.05) is 36.8 Å². The van der Waals surface area contributed by atoms with E-state index in [-0.39, 0.29) is 5.91 Å². The standard InChI is InChI=1S/C15H23NO4S/c1-12(15(17)16-8-5-9-19-2)21(18)11-13-6-4-7-14(10-13)20-3/h4,6-7,10,12H,5,8-9,11H2,1-3H3,(H,16,17)/t12-,21-/m1/s1. The minimum atomic E-state index is -1.26. The molecule has 0 spiro atoms. The third kappa shape index (κ3) is 6.27. The molecule has 0 aromatic heterocycles. The van der Waals surface area contributed by atoms with E-state index in [2.05, 4.69) is 5.32 Å². The highest BCUT2D eigenvalue weighted by atomic mass is 32.2. The number of amides is 1. The number of rotatable bonds is 9. The number of methoxy groups -OCH3 is 2. The summed E-state index contributed by atoms with van der Waals surface area (Å²) in [6.07, 6.45) is 0.747. The number of nitrogens with one attached hydrogen (secondary N) is 1. The van der Waals surface area contributed by atoms with Crippen molar-refractivity contribution in [2.75, 3.05) is 27.4 Å². The van der Waals surface area contributed by atoms with E-state index in [1.165, 1.54) is 0 Å². The molecule has 118 valence electrons. The van der Waals surface area contributed by atoms with E-state index < -0.39 is 16.0 Å². The average Bonchev–Trinajstić information content (AvgIpc) is 2.50. The lowest BCUT2D eigenvalue weighted by Crippen LogP contribution is -2.36. The van der Waals surface area contributed by atoms with Crippen LogP contribution in [0.25, 0.3) is 0 Å². The van der Waals surface area contributed by atoms with E-state index in [1.807, 2.05) is 24.3 Å². The zero-order chi connectivity index (χ0) is 15.7. The van der Waals surface area contributed by atoms with Gasteiger partial charge in [0.1, 0.15) is 11.0 Å². The highest BCUT2D eigenvalue weighted by Crippen LogP contribution is 2.15. The van der Waals surface area contributed by atoms with Gasteiger partial charge in [-0.1, -0.05) is 12.1 Å². The summed E-state index contributed by atoms with van der Waals surface area (Å²) >= 11 is 0. The van der Waals surface area contributed by atoms with Crippen molar-refractivity contribution in [3.05, 3.63) is 29.8 Å². The van der Waals surface area contributed by atoms with Crippen molar-refractivity contribution in [3.63, 3.8) is 0 Å². The van der Waals surface area contributed by atoms with Gasteiger partial charge in [-0.2, -0.15) is 0 Å². The van der Waals surface area contributed by atoms with Crippen molar-refractivity contribution in [1.29, 1.82) is 0 Å². The lowest BCUT2D eigenvalue weighted by atomic mass is 10.2. The molecule has 0 aliphatic carbocycles. The molecule has 0 heterocycles. The predicted molar refractivity (Wildman–Crippen MR) is 83.8 cm³/mol. The molecule has 6 heteroatoms. The van der Waals surface area contributed by atoms with Crippen LogP contribution in [0.5, 0.6) is 5.75 Å². The van der Waals surface area contributed by atoms with Crippen LogP contribution in [0.3, 0.4) is 0 Å². The Balaban J connectivity index is 2.47. The van der Waals surface area contributed by atoms with Crippen LogP contribution >= 0.6 is 0 Å². The molecule has 2 atom stereocenters. The van der Waals surface area contributed by atoms with Crippen molar-refractivity contribution >= 4 is 16.7 Å². The summed E-state index contributed by atoms with van der Waals surface area (Å²) in [5.41, 5.74) is 0.895. The van der Waals surface area contributed by atoms with Gasteiger partial charge in [0.05, 0.1) is 7.11 Å². The second-order valence-corrected chi connectivity index (χ2v) is 6.41. The van der Waals surface area contributed by atoms with E-state index in [9.17, 15) is 9.00 Å². The Kier molecular flexibility index (Phi) is 8.00. The molecule has 21 heavy (non-hydrogen) atoms. The Morgan fingerprint density at radius 1 is 1.38 bits per heavy atom. The fraction of sp³-hybridized carbons (Fsp3) is 0.533. The number of carbonyl (C=O) groups is 1. The summed E-state index contributed by atoms with van der Waals surface area (Å²) in [6.45, 7) is 2.82. The molecule has 1 rings (SSSR count). The second kappa shape index (κ2) is 9.52. The monoisotopic (exact) mass is 313 g/mol. The van der Waals surface area contributed by atoms with Crippen LogP contribution in [0.1, 0.15) is 18.9 Å². The molecular weight excluding hydrogens is 290 g/mol. The fourth-order valence-electron chi connectivity index (χ4n) is 1.74. The highest BCUT2D eigenvalue weighted by Gasteiger charge is 2.19. The van der Waals surface area contributed by atoms with Crippen LogP contribution in [0.4, 0.5) is 0 Å². The van der Waals surface area contributed by atoms with E-state index in [4.69, 9.17) is 9.47 Å². The topological polar surface area (TPSA) is 64.6 Å². The molecule has 0 bridgehead atoms. The average molecular weight is 313 g/mol. The normalized spacial score (nSPS) is 13.5. The van der Waals surface area contributed by atoms with Crippen LogP contribution in [0.15, 0.2) is 24.3 Å². The van der Waals surface area contributed by atoms with Gasteiger partial charge in [0.15, 0.2) is 0 Å². The maximum atomic E-state index is 12.2. The van der Waals surface area contributed by atoms with Crippen molar-refractivity contribution < 1.29 is 18.5 Å². The largest absolute Gasteiger partial charge is 0.497 e. The molecule has 0 saturated heterocycles. The van der Waals surface area contributed by atoms with Crippen LogP contribution in [-0.2, 0) is 26.1 Å². The molecule has 0 radical (unpaired) electrons. The zero-order valence-electron chi connectivity index (χ0n) is 12.8. The molecule has 0 aliphatic rings. The van der Waals surface area contributed by atoms with Gasteiger partial charge < -0.3 is 14.8 Å². The van der Waals surface area contributed by atoms with E-state index in [0.717, 1.165) is 17.7 Å². The first-order valence-electron chi connectivity index (χ1n) is 6.85. The minimum absolute atomic E-state index is 0.188. The molecule has 0 saturated carbocycles. The highest BCUT2D eigenvalue weighted by molar-refractivity contribution is 7.85. The van der Waals surface area contributed by atoms with Crippen LogP contribution in [0, 0.1) is 0 Å². The van der Waals surface area contributed by atoms with Crippen LogP contribution in [-0.4, -0.2) is 42.7 Å². The second-order valence-electron chi connectivity index (χ2n) is 4.66. The molecular formula is C15H23NO4S. The molecule has 0 unspecified atom stereocenters. The summed E-state index contributed by atoms with van der Waals surface area (Å²) in [4.78, 5) is 11.9. The number of ether oxygens (including phenoxy) is 2. The molecule has 1 aromatic rings. The van der Waals surface area contributed by atoms with Crippen LogP contribution < -0.4 is 10.1 Å². The minimum Gasteiger partial charge on any atom is -0.497 e. The van der Waals surface area contributed by atoms with Crippen LogP contribution in [0.2, 0.25) is 0 Å². The number of hydrogen-bond donors (Lipinski definition) is 1. The Hall–Kier alpha value is -1.40. The Morgan fingerprint density at radius 2 is 2.14 bits per heavy atom. The first-order valence-corrected chi connectivity index (χ1v) is 8.23. The van der Waals surface area contributed by atoms with Gasteiger partial charge in [0.2, 0.25) is 5.91 Å². The van der Waals surface area contributed by atoms with Gasteiger partial charge in [-0.15, -0.1) is 0 Å². The maximum Gasteiger partial charge on any atom is 0.235 e. The van der Waals surface area contributed by atoms with Gasteiger partial charge in [-0.05, 0) is 31.0 Å². The summed E-state index contributed by atoms with van der Waals surface area (Å²) < 4.78 is 22.3. The van der Waals surface area contributed by atoms with Gasteiger partial charge in [-0.25, -0.2) is 0 Å². The molecule has 0 aliphatic heterocycles. The first-order chi connectivity index (χ1) is 10.1. The van der Waals surface area contributed by atoms with Gasteiger partial charge in [0.25, 0.3) is 0 Å². The number of carbonyl (C=O) groups excluding carboxylic acids is 1. The molecule has 1 amide bonds. The van der Waals surface area contributed by atoms with Crippen molar-refractivity contribution in [2.24, 2.45) is 0 Å². The van der Waals surface area contributed by atoms with Crippen molar-refractivity contribution in [2.45, 2.75) is 24.3 Å². The third-order valence-electron chi connectivity index (χ3n) is 3.03. The molecule has 0 fully saturated rings. The summed E-state index contributed by atoms with van der Waals surface area (Å²) in [5.74, 6) is 0.873. The quantitative estimate of drug-likeness (QED) is 0.702. The summed E-state index contributed by atoms with van der Waals surface area (Å²) in [7, 11) is 1.95. The van der Waals surface area contributed by atoms with Gasteiger partial charge in [-0.3, -0.25) is 9.00 Å². The molecule has 5 nitrogen and oxygen atoms in total. The summed E-state index contributed by atoms with van der Waals surface area (Å²) in [5, 5.41) is 2.23. The summed E-state index contributed by atoms with van der Waals surface area (Å²) in [6, 6.07) is 7.39. The smallest absolute Gasteiger partial charge is 0.235 e. The lowest BCUT2D eigenvalue weighted by Gasteiger charge is -2.12. The van der Waals surface area contributed by atoms with E-state index >= 15 is 0 Å². The van der Waals surface area contributed by atoms with Gasteiger partial charge >= 0.3 is 0 Å². The number of hydrogen-bond acceptors (Lipinski definition) is 4. The maximum absolute atomic E-state index is 12.2. The van der Waals surface area contributed by atoms with E-state index in [0.29, 0.717) is 18.9 Å². The van der Waals surface area contributed by atoms with E-state index in [1.54, 1.807) is 21.1 Å². The molecule has 1 N–H and O–H groups in total. The Labute approximate surface area is 128 Å². The predicted octanol–water partition coefficient (Wildman–Crippen LogP) is 1.49. The SMILES string of the molecule is COCCCNC(=O)[C@@H](C)[S@](=O)Cc1cccc(OC)c1. The Bertz CT molecular complexity index is 478. The van der Waals surface area contributed by atoms with Crippen molar-refractivity contribution in [1.82, 2.24) is 5.32 Å². The third-order valence-corrected chi connectivity index (χ3v) is 4.65.